The van der Waals surface area contributed by atoms with Gasteiger partial charge in [-0.2, -0.15) is 0 Å². The second kappa shape index (κ2) is 6.61. The van der Waals surface area contributed by atoms with Gasteiger partial charge in [0.05, 0.1) is 6.26 Å². The molecule has 104 valence electrons. The van der Waals surface area contributed by atoms with Gasteiger partial charge in [0.25, 0.3) is 0 Å². The number of ether oxygens (including phenoxy) is 1. The number of benzene rings is 1. The van der Waals surface area contributed by atoms with E-state index in [9.17, 15) is 4.79 Å². The van der Waals surface area contributed by atoms with Crippen LogP contribution in [0.3, 0.4) is 0 Å². The lowest BCUT2D eigenvalue weighted by molar-refractivity contribution is -0.116. The Morgan fingerprint density at radius 3 is 3.00 bits per heavy atom. The van der Waals surface area contributed by atoms with Gasteiger partial charge in [-0.05, 0) is 36.8 Å². The molecule has 0 unspecified atom stereocenters. The van der Waals surface area contributed by atoms with Crippen LogP contribution in [-0.2, 0) is 17.9 Å². The van der Waals surface area contributed by atoms with Crippen LogP contribution in [0.2, 0.25) is 0 Å². The van der Waals surface area contributed by atoms with Crippen LogP contribution >= 0.6 is 0 Å². The fourth-order valence-corrected chi connectivity index (χ4v) is 1.74. The molecule has 0 spiro atoms. The Hall–Kier alpha value is -2.49. The van der Waals surface area contributed by atoms with Crippen molar-refractivity contribution in [3.63, 3.8) is 0 Å². The highest BCUT2D eigenvalue weighted by Crippen LogP contribution is 2.21. The summed E-state index contributed by atoms with van der Waals surface area (Å²) in [5.41, 5.74) is 2.01. The van der Waals surface area contributed by atoms with Crippen molar-refractivity contribution in [3.05, 3.63) is 66.1 Å². The van der Waals surface area contributed by atoms with E-state index in [0.29, 0.717) is 13.2 Å². The van der Waals surface area contributed by atoms with Crippen LogP contribution in [0.1, 0.15) is 16.9 Å². The largest absolute Gasteiger partial charge is 0.485 e. The van der Waals surface area contributed by atoms with Crippen molar-refractivity contribution in [2.75, 3.05) is 0 Å². The van der Waals surface area contributed by atoms with Gasteiger partial charge in [0, 0.05) is 12.1 Å². The van der Waals surface area contributed by atoms with E-state index in [0.717, 1.165) is 22.6 Å². The van der Waals surface area contributed by atoms with Crippen molar-refractivity contribution in [3.8, 4) is 5.75 Å². The zero-order valence-corrected chi connectivity index (χ0v) is 11.4. The van der Waals surface area contributed by atoms with Crippen molar-refractivity contribution in [1.29, 1.82) is 0 Å². The normalized spacial score (nSPS) is 10.1. The third kappa shape index (κ3) is 3.75. The number of furan rings is 1. The Labute approximate surface area is 118 Å². The van der Waals surface area contributed by atoms with Gasteiger partial charge in [-0.3, -0.25) is 4.79 Å². The summed E-state index contributed by atoms with van der Waals surface area (Å²) in [4.78, 5) is 11.2. The lowest BCUT2D eigenvalue weighted by atomic mass is 10.1. The van der Waals surface area contributed by atoms with Crippen molar-refractivity contribution in [1.82, 2.24) is 5.32 Å². The first kappa shape index (κ1) is 13.9. The number of carbonyl (C=O) groups is 1. The molecule has 1 N–H and O–H groups in total. The zero-order valence-electron chi connectivity index (χ0n) is 11.4. The Morgan fingerprint density at radius 2 is 2.30 bits per heavy atom. The molecule has 1 aromatic carbocycles. The predicted octanol–water partition coefficient (Wildman–Crippen LogP) is 2.97. The number of rotatable bonds is 6. The van der Waals surface area contributed by atoms with Crippen molar-refractivity contribution < 1.29 is 13.9 Å². The van der Waals surface area contributed by atoms with E-state index in [1.807, 2.05) is 37.3 Å². The van der Waals surface area contributed by atoms with Gasteiger partial charge in [-0.1, -0.05) is 18.7 Å². The summed E-state index contributed by atoms with van der Waals surface area (Å²) in [6.07, 6.45) is 2.86. The quantitative estimate of drug-likeness (QED) is 0.822. The van der Waals surface area contributed by atoms with Gasteiger partial charge in [0.1, 0.15) is 18.1 Å². The molecule has 0 fully saturated rings. The topological polar surface area (TPSA) is 51.5 Å². The highest BCUT2D eigenvalue weighted by molar-refractivity contribution is 5.86. The van der Waals surface area contributed by atoms with Gasteiger partial charge >= 0.3 is 0 Å². The average molecular weight is 271 g/mol. The second-order valence-corrected chi connectivity index (χ2v) is 4.40. The van der Waals surface area contributed by atoms with E-state index in [1.54, 1.807) is 6.26 Å². The molecule has 1 amide bonds. The zero-order chi connectivity index (χ0) is 14.4. The average Bonchev–Trinajstić information content (AvgIpc) is 2.97. The molecule has 0 bridgehead atoms. The molecule has 0 atom stereocenters. The molecular weight excluding hydrogens is 254 g/mol. The van der Waals surface area contributed by atoms with Crippen LogP contribution in [0.25, 0.3) is 0 Å². The predicted molar refractivity (Wildman–Crippen MR) is 76.3 cm³/mol. The molecule has 0 saturated heterocycles. The maximum Gasteiger partial charge on any atom is 0.243 e. The summed E-state index contributed by atoms with van der Waals surface area (Å²) in [6.45, 7) is 6.18. The monoisotopic (exact) mass is 271 g/mol. The van der Waals surface area contributed by atoms with Crippen LogP contribution in [-0.4, -0.2) is 5.91 Å². The molecule has 0 radical (unpaired) electrons. The van der Waals surface area contributed by atoms with Gasteiger partial charge in [-0.15, -0.1) is 0 Å². The molecule has 1 aromatic heterocycles. The number of carbonyl (C=O) groups excluding carboxylic acids is 1. The van der Waals surface area contributed by atoms with E-state index in [-0.39, 0.29) is 5.91 Å². The fourth-order valence-electron chi connectivity index (χ4n) is 1.74. The van der Waals surface area contributed by atoms with Crippen LogP contribution in [0.5, 0.6) is 5.75 Å². The van der Waals surface area contributed by atoms with Crippen molar-refractivity contribution >= 4 is 5.91 Å². The first-order valence-electron chi connectivity index (χ1n) is 6.34. The first-order chi connectivity index (χ1) is 9.69. The Morgan fingerprint density at radius 1 is 1.45 bits per heavy atom. The summed E-state index contributed by atoms with van der Waals surface area (Å²) in [5, 5.41) is 2.74. The lowest BCUT2D eigenvalue weighted by Gasteiger charge is -2.12. The van der Waals surface area contributed by atoms with Gasteiger partial charge in [0.15, 0.2) is 0 Å². The van der Waals surface area contributed by atoms with E-state index >= 15 is 0 Å². The van der Waals surface area contributed by atoms with E-state index in [2.05, 4.69) is 11.9 Å². The number of hydrogen-bond donors (Lipinski definition) is 1. The molecule has 0 aliphatic rings. The molecule has 20 heavy (non-hydrogen) atoms. The van der Waals surface area contributed by atoms with Crippen LogP contribution in [0.15, 0.2) is 53.7 Å². The minimum absolute atomic E-state index is 0.206. The van der Waals surface area contributed by atoms with Crippen LogP contribution in [0.4, 0.5) is 0 Å². The van der Waals surface area contributed by atoms with Crippen molar-refractivity contribution in [2.45, 2.75) is 20.1 Å². The van der Waals surface area contributed by atoms with Crippen molar-refractivity contribution in [2.24, 2.45) is 0 Å². The van der Waals surface area contributed by atoms with E-state index in [4.69, 9.17) is 9.15 Å². The Balaban J connectivity index is 2.06. The molecule has 0 aliphatic carbocycles. The van der Waals surface area contributed by atoms with Crippen LogP contribution < -0.4 is 10.1 Å². The molecule has 4 nitrogen and oxygen atoms in total. The summed E-state index contributed by atoms with van der Waals surface area (Å²) in [5.74, 6) is 1.29. The highest BCUT2D eigenvalue weighted by atomic mass is 16.5. The lowest BCUT2D eigenvalue weighted by Crippen LogP contribution is -2.20. The maximum absolute atomic E-state index is 11.2. The van der Waals surface area contributed by atoms with E-state index in [1.165, 1.54) is 6.08 Å². The highest BCUT2D eigenvalue weighted by Gasteiger charge is 2.06. The Kier molecular flexibility index (Phi) is 4.60. The van der Waals surface area contributed by atoms with Gasteiger partial charge in [-0.25, -0.2) is 0 Å². The van der Waals surface area contributed by atoms with E-state index < -0.39 is 0 Å². The smallest absolute Gasteiger partial charge is 0.243 e. The SMILES string of the molecule is C=CC(=O)NCc1ccc(C)cc1OCc1ccco1. The first-order valence-corrected chi connectivity index (χ1v) is 6.34. The standard InChI is InChI=1S/C16H17NO3/c1-3-16(18)17-10-13-7-6-12(2)9-15(13)20-11-14-5-4-8-19-14/h3-9H,1,10-11H2,2H3,(H,17,18). The number of amides is 1. The molecule has 0 saturated carbocycles. The van der Waals surface area contributed by atoms with Gasteiger partial charge < -0.3 is 14.5 Å². The van der Waals surface area contributed by atoms with Crippen LogP contribution in [0, 0.1) is 6.92 Å². The molecule has 2 aromatic rings. The number of aryl methyl sites for hydroxylation is 1. The molecule has 4 heteroatoms. The summed E-state index contributed by atoms with van der Waals surface area (Å²) in [6, 6.07) is 9.54. The summed E-state index contributed by atoms with van der Waals surface area (Å²) in [7, 11) is 0. The fraction of sp³-hybridized carbons (Fsp3) is 0.188. The molecule has 0 aliphatic heterocycles. The number of nitrogens with one attached hydrogen (secondary N) is 1. The molecule has 1 heterocycles. The number of hydrogen-bond acceptors (Lipinski definition) is 3. The molecular formula is C16H17NO3. The minimum atomic E-state index is -0.206. The molecule has 2 rings (SSSR count). The maximum atomic E-state index is 11.2. The minimum Gasteiger partial charge on any atom is -0.485 e. The second-order valence-electron chi connectivity index (χ2n) is 4.40. The Bertz CT molecular complexity index is 588. The third-order valence-electron chi connectivity index (χ3n) is 2.81. The summed E-state index contributed by atoms with van der Waals surface area (Å²) < 4.78 is 11.0. The third-order valence-corrected chi connectivity index (χ3v) is 2.81. The van der Waals surface area contributed by atoms with Gasteiger partial charge in [0.2, 0.25) is 5.91 Å². The summed E-state index contributed by atoms with van der Waals surface area (Å²) >= 11 is 0.